The summed E-state index contributed by atoms with van der Waals surface area (Å²) in [6, 6.07) is -0.355. The molecule has 1 atom stereocenters. The number of nitrogens with two attached hydrogens (primary N) is 1. The van der Waals surface area contributed by atoms with Gasteiger partial charge in [0, 0.05) is 6.54 Å². The first-order valence-corrected chi connectivity index (χ1v) is 5.60. The van der Waals surface area contributed by atoms with Gasteiger partial charge in [0.2, 0.25) is 5.91 Å². The van der Waals surface area contributed by atoms with Crippen LogP contribution in [0.2, 0.25) is 0 Å². The van der Waals surface area contributed by atoms with Gasteiger partial charge in [0.25, 0.3) is 0 Å². The van der Waals surface area contributed by atoms with E-state index in [1.807, 2.05) is 13.8 Å². The van der Waals surface area contributed by atoms with Crippen LogP contribution >= 0.6 is 0 Å². The zero-order valence-electron chi connectivity index (χ0n) is 10.4. The van der Waals surface area contributed by atoms with Gasteiger partial charge in [-0.1, -0.05) is 13.8 Å². The van der Waals surface area contributed by atoms with E-state index in [4.69, 9.17) is 5.73 Å². The number of carbonyl (C=O) groups is 1. The molecule has 0 saturated heterocycles. The van der Waals surface area contributed by atoms with Crippen molar-refractivity contribution >= 4 is 17.5 Å². The zero-order chi connectivity index (χ0) is 12.8. The minimum atomic E-state index is -0.355. The summed E-state index contributed by atoms with van der Waals surface area (Å²) in [5, 5.41) is 5.79. The van der Waals surface area contributed by atoms with Crippen LogP contribution in [0.15, 0.2) is 12.4 Å². The van der Waals surface area contributed by atoms with Gasteiger partial charge >= 0.3 is 0 Å². The van der Waals surface area contributed by atoms with Gasteiger partial charge in [0.15, 0.2) is 0 Å². The predicted molar refractivity (Wildman–Crippen MR) is 67.4 cm³/mol. The zero-order valence-corrected chi connectivity index (χ0v) is 10.4. The van der Waals surface area contributed by atoms with Crippen molar-refractivity contribution in [3.05, 3.63) is 12.4 Å². The van der Waals surface area contributed by atoms with E-state index in [0.717, 1.165) is 0 Å². The number of anilines is 2. The highest BCUT2D eigenvalue weighted by atomic mass is 16.2. The van der Waals surface area contributed by atoms with Gasteiger partial charge < -0.3 is 16.4 Å². The van der Waals surface area contributed by atoms with Gasteiger partial charge in [-0.05, 0) is 12.8 Å². The summed E-state index contributed by atoms with van der Waals surface area (Å²) >= 11 is 0. The lowest BCUT2D eigenvalue weighted by Gasteiger charge is -2.15. The van der Waals surface area contributed by atoms with Crippen LogP contribution in [-0.2, 0) is 4.79 Å². The second kappa shape index (κ2) is 6.03. The molecule has 1 rings (SSSR count). The van der Waals surface area contributed by atoms with Crippen LogP contribution in [0.5, 0.6) is 0 Å². The lowest BCUT2D eigenvalue weighted by atomic mass is 10.2. The second-order valence-electron chi connectivity index (χ2n) is 4.33. The number of hydrogen-bond donors (Lipinski definition) is 3. The molecule has 0 bridgehead atoms. The largest absolute Gasteiger partial charge is 0.382 e. The van der Waals surface area contributed by atoms with Crippen molar-refractivity contribution in [3.63, 3.8) is 0 Å². The van der Waals surface area contributed by atoms with E-state index in [9.17, 15) is 4.79 Å². The van der Waals surface area contributed by atoms with Crippen molar-refractivity contribution in [1.82, 2.24) is 15.3 Å². The van der Waals surface area contributed by atoms with Gasteiger partial charge in [0.1, 0.15) is 17.7 Å². The molecule has 0 aromatic carbocycles. The highest BCUT2D eigenvalue weighted by Gasteiger charge is 2.12. The van der Waals surface area contributed by atoms with Crippen LogP contribution in [0, 0.1) is 5.92 Å². The third-order valence-electron chi connectivity index (χ3n) is 2.11. The number of aromatic nitrogens is 2. The summed E-state index contributed by atoms with van der Waals surface area (Å²) in [4.78, 5) is 19.6. The monoisotopic (exact) mass is 237 g/mol. The molecule has 0 aliphatic carbocycles. The van der Waals surface area contributed by atoms with Gasteiger partial charge in [-0.15, -0.1) is 0 Å². The normalized spacial score (nSPS) is 12.2. The summed E-state index contributed by atoms with van der Waals surface area (Å²) in [6.45, 7) is 6.53. The fourth-order valence-corrected chi connectivity index (χ4v) is 1.16. The van der Waals surface area contributed by atoms with Crippen molar-refractivity contribution in [2.24, 2.45) is 5.92 Å². The Morgan fingerprint density at radius 2 is 2.06 bits per heavy atom. The maximum Gasteiger partial charge on any atom is 0.242 e. The van der Waals surface area contributed by atoms with E-state index < -0.39 is 0 Å². The molecular formula is C11H19N5O. The minimum Gasteiger partial charge on any atom is -0.382 e. The Kier molecular flexibility index (Phi) is 4.68. The Morgan fingerprint density at radius 1 is 1.35 bits per heavy atom. The summed E-state index contributed by atoms with van der Waals surface area (Å²) in [5.41, 5.74) is 5.42. The molecule has 0 aliphatic heterocycles. The second-order valence-corrected chi connectivity index (χ2v) is 4.33. The Morgan fingerprint density at radius 3 is 2.59 bits per heavy atom. The SMILES string of the molecule is CC(C)CNC(=O)C(C)Nc1cnc(N)cn1. The molecule has 1 aromatic rings. The summed E-state index contributed by atoms with van der Waals surface area (Å²) in [7, 11) is 0. The number of carbonyl (C=O) groups excluding carboxylic acids is 1. The van der Waals surface area contributed by atoms with E-state index in [2.05, 4.69) is 20.6 Å². The molecule has 4 N–H and O–H groups in total. The first-order chi connectivity index (χ1) is 7.99. The fourth-order valence-electron chi connectivity index (χ4n) is 1.16. The Labute approximate surface area is 101 Å². The summed E-state index contributed by atoms with van der Waals surface area (Å²) < 4.78 is 0. The number of hydrogen-bond acceptors (Lipinski definition) is 5. The van der Waals surface area contributed by atoms with E-state index >= 15 is 0 Å². The fraction of sp³-hybridized carbons (Fsp3) is 0.545. The van der Waals surface area contributed by atoms with E-state index in [1.165, 1.54) is 12.4 Å². The van der Waals surface area contributed by atoms with E-state index in [1.54, 1.807) is 6.92 Å². The van der Waals surface area contributed by atoms with Crippen LogP contribution in [-0.4, -0.2) is 28.5 Å². The highest BCUT2D eigenvalue weighted by molar-refractivity contribution is 5.83. The minimum absolute atomic E-state index is 0.0580. The molecule has 6 heteroatoms. The topological polar surface area (TPSA) is 92.9 Å². The molecule has 1 amide bonds. The quantitative estimate of drug-likeness (QED) is 0.698. The highest BCUT2D eigenvalue weighted by Crippen LogP contribution is 2.03. The third-order valence-corrected chi connectivity index (χ3v) is 2.11. The Bertz CT molecular complexity index is 363. The molecule has 6 nitrogen and oxygen atoms in total. The lowest BCUT2D eigenvalue weighted by Crippen LogP contribution is -2.39. The average Bonchev–Trinajstić information content (AvgIpc) is 2.28. The number of nitrogens with one attached hydrogen (secondary N) is 2. The molecule has 0 spiro atoms. The molecule has 1 aromatic heterocycles. The maximum atomic E-state index is 11.7. The standard InChI is InChI=1S/C11H19N5O/c1-7(2)4-15-11(17)8(3)16-10-6-13-9(12)5-14-10/h5-8H,4H2,1-3H3,(H2,12,13)(H,14,16)(H,15,17). The van der Waals surface area contributed by atoms with Crippen molar-refractivity contribution in [2.45, 2.75) is 26.8 Å². The first-order valence-electron chi connectivity index (χ1n) is 5.60. The number of nitrogen functional groups attached to an aromatic ring is 1. The molecule has 1 heterocycles. The molecule has 0 radical (unpaired) electrons. The molecular weight excluding hydrogens is 218 g/mol. The molecule has 1 unspecified atom stereocenters. The number of amides is 1. The van der Waals surface area contributed by atoms with Crippen LogP contribution in [0.25, 0.3) is 0 Å². The molecule has 0 aliphatic rings. The molecule has 0 fully saturated rings. The average molecular weight is 237 g/mol. The first kappa shape index (κ1) is 13.2. The van der Waals surface area contributed by atoms with Crippen molar-refractivity contribution in [3.8, 4) is 0 Å². The van der Waals surface area contributed by atoms with Gasteiger partial charge in [0.05, 0.1) is 12.4 Å². The van der Waals surface area contributed by atoms with Gasteiger partial charge in [-0.25, -0.2) is 9.97 Å². The molecule has 17 heavy (non-hydrogen) atoms. The van der Waals surface area contributed by atoms with Crippen LogP contribution in [0.1, 0.15) is 20.8 Å². The van der Waals surface area contributed by atoms with Crippen molar-refractivity contribution < 1.29 is 4.79 Å². The predicted octanol–water partition coefficient (Wildman–Crippen LogP) is 0.631. The Hall–Kier alpha value is -1.85. The van der Waals surface area contributed by atoms with Crippen LogP contribution in [0.3, 0.4) is 0 Å². The summed E-state index contributed by atoms with van der Waals surface area (Å²) in [6.07, 6.45) is 2.95. The third kappa shape index (κ3) is 4.67. The number of rotatable bonds is 5. The molecule has 94 valence electrons. The van der Waals surface area contributed by atoms with Crippen LogP contribution < -0.4 is 16.4 Å². The summed E-state index contributed by atoms with van der Waals surface area (Å²) in [5.74, 6) is 1.26. The lowest BCUT2D eigenvalue weighted by molar-refractivity contribution is -0.121. The van der Waals surface area contributed by atoms with Crippen molar-refractivity contribution in [2.75, 3.05) is 17.6 Å². The number of nitrogens with zero attached hydrogens (tertiary/aromatic N) is 2. The van der Waals surface area contributed by atoms with Gasteiger partial charge in [-0.2, -0.15) is 0 Å². The van der Waals surface area contributed by atoms with Crippen LogP contribution in [0.4, 0.5) is 11.6 Å². The maximum absolute atomic E-state index is 11.7. The van der Waals surface area contributed by atoms with E-state index in [-0.39, 0.29) is 11.9 Å². The smallest absolute Gasteiger partial charge is 0.242 e. The van der Waals surface area contributed by atoms with E-state index in [0.29, 0.717) is 24.1 Å². The van der Waals surface area contributed by atoms with Crippen molar-refractivity contribution in [1.29, 1.82) is 0 Å². The molecule has 0 saturated carbocycles. The van der Waals surface area contributed by atoms with Gasteiger partial charge in [-0.3, -0.25) is 4.79 Å². The Balaban J connectivity index is 2.45.